The van der Waals surface area contributed by atoms with Crippen molar-refractivity contribution in [2.45, 2.75) is 20.4 Å². The van der Waals surface area contributed by atoms with Crippen LogP contribution < -0.4 is 0 Å². The Kier molecular flexibility index (Phi) is 2.48. The number of H-pyrrole nitrogens is 1. The SMILES string of the molecule is Cc1cnc2c(c1)[nH]c(=S)n2Cc1nc(C)no1. The molecule has 3 rings (SSSR count). The minimum absolute atomic E-state index is 0.426. The summed E-state index contributed by atoms with van der Waals surface area (Å²) in [4.78, 5) is 11.7. The molecule has 0 amide bonds. The molecule has 0 radical (unpaired) electrons. The molecule has 1 N–H and O–H groups in total. The number of fused-ring (bicyclic) bond motifs is 1. The zero-order valence-corrected chi connectivity index (χ0v) is 10.8. The molecule has 0 fully saturated rings. The van der Waals surface area contributed by atoms with Crippen LogP contribution in [-0.2, 0) is 6.54 Å². The maximum Gasteiger partial charge on any atom is 0.246 e. The Morgan fingerprint density at radius 1 is 1.44 bits per heavy atom. The van der Waals surface area contributed by atoms with E-state index in [-0.39, 0.29) is 0 Å². The molecule has 0 saturated carbocycles. The third kappa shape index (κ3) is 1.82. The molecule has 0 bridgehead atoms. The predicted octanol–water partition coefficient (Wildman–Crippen LogP) is 2.14. The average molecular weight is 261 g/mol. The summed E-state index contributed by atoms with van der Waals surface area (Å²) in [6.45, 7) is 4.20. The van der Waals surface area contributed by atoms with Gasteiger partial charge in [0.15, 0.2) is 16.2 Å². The largest absolute Gasteiger partial charge is 0.337 e. The predicted molar refractivity (Wildman–Crippen MR) is 67.8 cm³/mol. The van der Waals surface area contributed by atoms with Crippen LogP contribution in [0, 0.1) is 18.6 Å². The van der Waals surface area contributed by atoms with Gasteiger partial charge in [-0.05, 0) is 37.7 Å². The lowest BCUT2D eigenvalue weighted by Gasteiger charge is -1.99. The number of aryl methyl sites for hydroxylation is 2. The molecule has 0 atom stereocenters. The van der Waals surface area contributed by atoms with Crippen molar-refractivity contribution < 1.29 is 4.52 Å². The highest BCUT2D eigenvalue weighted by Gasteiger charge is 2.10. The van der Waals surface area contributed by atoms with E-state index in [0.717, 1.165) is 16.7 Å². The van der Waals surface area contributed by atoms with Gasteiger partial charge in [0.2, 0.25) is 5.89 Å². The molecule has 18 heavy (non-hydrogen) atoms. The number of aromatic nitrogens is 5. The zero-order chi connectivity index (χ0) is 12.7. The maximum absolute atomic E-state index is 5.28. The summed E-state index contributed by atoms with van der Waals surface area (Å²) in [5.74, 6) is 1.13. The van der Waals surface area contributed by atoms with Gasteiger partial charge in [0, 0.05) is 6.20 Å². The van der Waals surface area contributed by atoms with Crippen LogP contribution in [0.15, 0.2) is 16.8 Å². The van der Waals surface area contributed by atoms with Crippen molar-refractivity contribution in [1.29, 1.82) is 0 Å². The molecule has 0 aromatic carbocycles. The Hall–Kier alpha value is -2.02. The van der Waals surface area contributed by atoms with Gasteiger partial charge in [0.1, 0.15) is 6.54 Å². The molecule has 0 unspecified atom stereocenters. The van der Waals surface area contributed by atoms with E-state index in [2.05, 4.69) is 20.1 Å². The van der Waals surface area contributed by atoms with E-state index in [1.54, 1.807) is 13.1 Å². The molecule has 3 heterocycles. The van der Waals surface area contributed by atoms with Crippen LogP contribution in [0.1, 0.15) is 17.3 Å². The molecule has 3 aromatic rings. The van der Waals surface area contributed by atoms with E-state index in [4.69, 9.17) is 16.7 Å². The summed E-state index contributed by atoms with van der Waals surface area (Å²) in [6, 6.07) is 2.01. The van der Waals surface area contributed by atoms with Gasteiger partial charge >= 0.3 is 0 Å². The molecule has 6 nitrogen and oxygen atoms in total. The number of hydrogen-bond acceptors (Lipinski definition) is 5. The monoisotopic (exact) mass is 261 g/mol. The van der Waals surface area contributed by atoms with Gasteiger partial charge in [0.05, 0.1) is 5.52 Å². The minimum atomic E-state index is 0.426. The van der Waals surface area contributed by atoms with Gasteiger partial charge in [0.25, 0.3) is 0 Å². The maximum atomic E-state index is 5.28. The van der Waals surface area contributed by atoms with Gasteiger partial charge < -0.3 is 9.51 Å². The molecule has 0 aliphatic heterocycles. The third-order valence-electron chi connectivity index (χ3n) is 2.61. The van der Waals surface area contributed by atoms with Gasteiger partial charge in [-0.3, -0.25) is 4.57 Å². The first kappa shape index (κ1) is 11.1. The molecule has 0 spiro atoms. The summed E-state index contributed by atoms with van der Waals surface area (Å²) < 4.78 is 7.54. The highest BCUT2D eigenvalue weighted by Crippen LogP contribution is 2.14. The van der Waals surface area contributed by atoms with E-state index in [1.165, 1.54) is 0 Å². The number of hydrogen-bond donors (Lipinski definition) is 1. The highest BCUT2D eigenvalue weighted by molar-refractivity contribution is 7.71. The van der Waals surface area contributed by atoms with E-state index in [0.29, 0.717) is 23.0 Å². The number of aromatic amines is 1. The van der Waals surface area contributed by atoms with Crippen LogP contribution in [-0.4, -0.2) is 24.7 Å². The standard InChI is InChI=1S/C11H11N5OS/c1-6-3-8-10(12-4-6)16(11(18)14-8)5-9-13-7(2)15-17-9/h3-4H,5H2,1-2H3,(H,14,18). The van der Waals surface area contributed by atoms with Crippen LogP contribution >= 0.6 is 12.2 Å². The van der Waals surface area contributed by atoms with Crippen LogP contribution in [0.5, 0.6) is 0 Å². The summed E-state index contributed by atoms with van der Waals surface area (Å²) >= 11 is 5.28. The Morgan fingerprint density at radius 3 is 3.00 bits per heavy atom. The number of nitrogens with one attached hydrogen (secondary N) is 1. The summed E-state index contributed by atoms with van der Waals surface area (Å²) in [7, 11) is 0. The van der Waals surface area contributed by atoms with Crippen molar-refractivity contribution in [3.05, 3.63) is 34.3 Å². The van der Waals surface area contributed by atoms with Crippen molar-refractivity contribution in [1.82, 2.24) is 24.7 Å². The van der Waals surface area contributed by atoms with E-state index < -0.39 is 0 Å². The second-order valence-electron chi connectivity index (χ2n) is 4.14. The molecule has 0 aliphatic carbocycles. The summed E-state index contributed by atoms with van der Waals surface area (Å²) in [6.07, 6.45) is 1.81. The van der Waals surface area contributed by atoms with Gasteiger partial charge in [-0.15, -0.1) is 0 Å². The Bertz CT molecular complexity index is 769. The molecule has 3 aromatic heterocycles. The highest BCUT2D eigenvalue weighted by atomic mass is 32.1. The lowest BCUT2D eigenvalue weighted by molar-refractivity contribution is 0.368. The van der Waals surface area contributed by atoms with Crippen LogP contribution in [0.4, 0.5) is 0 Å². The number of nitrogens with zero attached hydrogens (tertiary/aromatic N) is 4. The first-order chi connectivity index (χ1) is 8.63. The van der Waals surface area contributed by atoms with Crippen molar-refractivity contribution in [3.8, 4) is 0 Å². The normalized spacial score (nSPS) is 11.2. The van der Waals surface area contributed by atoms with Crippen molar-refractivity contribution in [3.63, 3.8) is 0 Å². The molecular weight excluding hydrogens is 250 g/mol. The Morgan fingerprint density at radius 2 is 2.28 bits per heavy atom. The average Bonchev–Trinajstić information content (AvgIpc) is 2.84. The number of pyridine rings is 1. The van der Waals surface area contributed by atoms with E-state index in [9.17, 15) is 0 Å². The van der Waals surface area contributed by atoms with E-state index in [1.807, 2.05) is 17.6 Å². The van der Waals surface area contributed by atoms with Crippen LogP contribution in [0.2, 0.25) is 0 Å². The van der Waals surface area contributed by atoms with Gasteiger partial charge in [-0.2, -0.15) is 4.98 Å². The fraction of sp³-hybridized carbons (Fsp3) is 0.273. The van der Waals surface area contributed by atoms with Crippen LogP contribution in [0.25, 0.3) is 11.2 Å². The Labute approximate surface area is 108 Å². The fourth-order valence-electron chi connectivity index (χ4n) is 1.83. The first-order valence-electron chi connectivity index (χ1n) is 5.48. The fourth-order valence-corrected chi connectivity index (χ4v) is 2.10. The van der Waals surface area contributed by atoms with Gasteiger partial charge in [-0.25, -0.2) is 4.98 Å². The quantitative estimate of drug-likeness (QED) is 0.715. The second-order valence-corrected chi connectivity index (χ2v) is 4.52. The zero-order valence-electron chi connectivity index (χ0n) is 9.97. The third-order valence-corrected chi connectivity index (χ3v) is 2.93. The smallest absolute Gasteiger partial charge is 0.246 e. The molecule has 0 saturated heterocycles. The first-order valence-corrected chi connectivity index (χ1v) is 5.88. The van der Waals surface area contributed by atoms with Gasteiger partial charge in [-0.1, -0.05) is 5.16 Å². The summed E-state index contributed by atoms with van der Waals surface area (Å²) in [5.41, 5.74) is 2.79. The lowest BCUT2D eigenvalue weighted by Crippen LogP contribution is -2.01. The molecular formula is C11H11N5OS. The minimum Gasteiger partial charge on any atom is -0.337 e. The van der Waals surface area contributed by atoms with Crippen molar-refractivity contribution in [2.75, 3.05) is 0 Å². The number of imidazole rings is 1. The second kappa shape index (κ2) is 4.02. The Balaban J connectivity index is 2.11. The topological polar surface area (TPSA) is 72.5 Å². The van der Waals surface area contributed by atoms with Crippen LogP contribution in [0.3, 0.4) is 0 Å². The summed E-state index contributed by atoms with van der Waals surface area (Å²) in [5, 5.41) is 3.76. The number of rotatable bonds is 2. The van der Waals surface area contributed by atoms with E-state index >= 15 is 0 Å². The molecule has 0 aliphatic rings. The molecule has 7 heteroatoms. The molecule has 92 valence electrons. The lowest BCUT2D eigenvalue weighted by atomic mass is 10.3. The van der Waals surface area contributed by atoms with Crippen molar-refractivity contribution >= 4 is 23.4 Å². The van der Waals surface area contributed by atoms with Crippen molar-refractivity contribution in [2.24, 2.45) is 0 Å².